The van der Waals surface area contributed by atoms with Gasteiger partial charge in [-0.05, 0) is 85.5 Å². The van der Waals surface area contributed by atoms with E-state index in [2.05, 4.69) is 0 Å². The van der Waals surface area contributed by atoms with Crippen molar-refractivity contribution in [3.05, 3.63) is 92.4 Å². The summed E-state index contributed by atoms with van der Waals surface area (Å²) >= 11 is 0. The maximum Gasteiger partial charge on any atom is 0.228 e. The van der Waals surface area contributed by atoms with E-state index >= 15 is 0 Å². The molecule has 2 saturated heterocycles. The number of hydrogen-bond donors (Lipinski definition) is 0. The van der Waals surface area contributed by atoms with Crippen LogP contribution in [0.15, 0.2) is 47.9 Å². The highest BCUT2D eigenvalue weighted by atomic mass is 16.8. The van der Waals surface area contributed by atoms with Gasteiger partial charge in [0.2, 0.25) is 11.6 Å². The van der Waals surface area contributed by atoms with Gasteiger partial charge in [-0.1, -0.05) is 0 Å². The molecule has 0 aromatic heterocycles. The summed E-state index contributed by atoms with van der Waals surface area (Å²) in [6, 6.07) is 7.22. The highest BCUT2D eigenvalue weighted by molar-refractivity contribution is 6.24. The van der Waals surface area contributed by atoms with Crippen LogP contribution in [0.3, 0.4) is 0 Å². The molecule has 0 spiro atoms. The molecule has 2 heterocycles. The van der Waals surface area contributed by atoms with Gasteiger partial charge in [0.1, 0.15) is 0 Å². The van der Waals surface area contributed by atoms with Gasteiger partial charge >= 0.3 is 0 Å². The molecule has 2 aliphatic heterocycles. The van der Waals surface area contributed by atoms with E-state index in [0.717, 1.165) is 35.1 Å². The zero-order valence-corrected chi connectivity index (χ0v) is 24.7. The van der Waals surface area contributed by atoms with Crippen LogP contribution < -0.4 is 0 Å². The Morgan fingerprint density at radius 1 is 0.651 bits per heavy atom. The van der Waals surface area contributed by atoms with Crippen LogP contribution in [0.5, 0.6) is 0 Å². The Balaban J connectivity index is 1.10. The number of rotatable bonds is 6. The summed E-state index contributed by atoms with van der Waals surface area (Å²) in [5.74, 6) is -0.767. The van der Waals surface area contributed by atoms with Crippen molar-refractivity contribution in [3.63, 3.8) is 0 Å². The maximum atomic E-state index is 12.7. The van der Waals surface area contributed by atoms with E-state index in [9.17, 15) is 19.2 Å². The molecule has 6 rings (SSSR count). The zero-order valence-electron chi connectivity index (χ0n) is 24.7. The summed E-state index contributed by atoms with van der Waals surface area (Å²) in [5, 5.41) is 0. The Labute approximate surface area is 249 Å². The van der Waals surface area contributed by atoms with Gasteiger partial charge in [0.25, 0.3) is 0 Å². The number of hydrogen-bond acceptors (Lipinski definition) is 9. The van der Waals surface area contributed by atoms with E-state index in [1.807, 2.05) is 26.0 Å². The quantitative estimate of drug-likeness (QED) is 0.446. The van der Waals surface area contributed by atoms with Crippen LogP contribution in [-0.4, -0.2) is 63.1 Å². The van der Waals surface area contributed by atoms with E-state index in [0.29, 0.717) is 48.3 Å². The van der Waals surface area contributed by atoms with Gasteiger partial charge in [0, 0.05) is 46.7 Å². The number of aryl methyl sites for hydroxylation is 2. The van der Waals surface area contributed by atoms with Crippen molar-refractivity contribution >= 4 is 23.1 Å². The van der Waals surface area contributed by atoms with Crippen LogP contribution in [0, 0.1) is 13.8 Å². The first-order chi connectivity index (χ1) is 20.7. The predicted octanol–water partition coefficient (Wildman–Crippen LogP) is 5.28. The van der Waals surface area contributed by atoms with Crippen molar-refractivity contribution in [2.45, 2.75) is 63.9 Å². The van der Waals surface area contributed by atoms with E-state index in [1.54, 1.807) is 12.1 Å². The summed E-state index contributed by atoms with van der Waals surface area (Å²) in [4.78, 5) is 50.8. The molecule has 2 fully saturated rings. The third kappa shape index (κ3) is 5.37. The van der Waals surface area contributed by atoms with Crippen LogP contribution in [0.2, 0.25) is 0 Å². The number of benzene rings is 2. The van der Waals surface area contributed by atoms with E-state index in [4.69, 9.17) is 23.7 Å². The van der Waals surface area contributed by atoms with Gasteiger partial charge in [0.05, 0.1) is 27.4 Å². The summed E-state index contributed by atoms with van der Waals surface area (Å²) in [6.07, 6.45) is 4.41. The third-order valence-corrected chi connectivity index (χ3v) is 8.91. The van der Waals surface area contributed by atoms with Gasteiger partial charge in [-0.3, -0.25) is 19.2 Å². The Bertz CT molecular complexity index is 1590. The monoisotopic (exact) mass is 586 g/mol. The minimum absolute atomic E-state index is 0.0565. The number of allylic oxidation sites excluding steroid dienone is 4. The topological polar surface area (TPSA) is 114 Å². The predicted molar refractivity (Wildman–Crippen MR) is 154 cm³/mol. The number of carbonyl (C=O) groups excluding carboxylic acids is 4. The molecular formula is C34H34O9. The lowest BCUT2D eigenvalue weighted by atomic mass is 9.82. The van der Waals surface area contributed by atoms with Crippen molar-refractivity contribution in [1.82, 2.24) is 0 Å². The Morgan fingerprint density at radius 2 is 1.21 bits per heavy atom. The van der Waals surface area contributed by atoms with Crippen molar-refractivity contribution in [1.29, 1.82) is 0 Å². The first-order valence-corrected chi connectivity index (χ1v) is 14.6. The standard InChI is InChI=1S/C34H34O9/c1-17-9-25-23(27(35)14-29(39-3)33(25)37)12-21(17)19-7-8-41-32(11-19)43-31-6-5-20(16-42-31)22-13-24-26(10-18(22)2)34(38)30(40-4)15-28(24)36/h9-10,12-15,19-20,31-32H,5-8,11,16H2,1-4H3/t19-,20-,31-,32-/m1/s1. The fourth-order valence-electron chi connectivity index (χ4n) is 6.59. The molecule has 2 aliphatic carbocycles. The maximum absolute atomic E-state index is 12.7. The normalized spacial score (nSPS) is 25.5. The minimum atomic E-state index is -0.469. The first-order valence-electron chi connectivity index (χ1n) is 14.6. The number of fused-ring (bicyclic) bond motifs is 2. The van der Waals surface area contributed by atoms with E-state index in [-0.39, 0.29) is 46.5 Å². The Morgan fingerprint density at radius 3 is 1.72 bits per heavy atom. The Hall–Kier alpha value is -3.92. The summed E-state index contributed by atoms with van der Waals surface area (Å²) in [5.41, 5.74) is 5.41. The second-order valence-electron chi connectivity index (χ2n) is 11.5. The molecule has 9 heteroatoms. The zero-order chi connectivity index (χ0) is 30.4. The molecule has 0 radical (unpaired) electrons. The van der Waals surface area contributed by atoms with Crippen molar-refractivity contribution in [2.75, 3.05) is 27.4 Å². The van der Waals surface area contributed by atoms with Gasteiger partial charge in [-0.15, -0.1) is 0 Å². The van der Waals surface area contributed by atoms with Gasteiger partial charge < -0.3 is 23.7 Å². The second-order valence-corrected chi connectivity index (χ2v) is 11.5. The second kappa shape index (κ2) is 11.6. The van der Waals surface area contributed by atoms with Crippen molar-refractivity contribution in [3.8, 4) is 0 Å². The van der Waals surface area contributed by atoms with Crippen LogP contribution >= 0.6 is 0 Å². The highest BCUT2D eigenvalue weighted by Crippen LogP contribution is 2.38. The molecule has 0 saturated carbocycles. The molecule has 0 amide bonds. The summed E-state index contributed by atoms with van der Waals surface area (Å²) < 4.78 is 28.5. The average molecular weight is 587 g/mol. The molecule has 224 valence electrons. The highest BCUT2D eigenvalue weighted by Gasteiger charge is 2.34. The number of carbonyl (C=O) groups is 4. The molecule has 4 atom stereocenters. The molecule has 9 nitrogen and oxygen atoms in total. The van der Waals surface area contributed by atoms with Crippen LogP contribution in [0.1, 0.15) is 101 Å². The molecule has 0 N–H and O–H groups in total. The van der Waals surface area contributed by atoms with Crippen LogP contribution in [-0.2, 0) is 23.7 Å². The lowest BCUT2D eigenvalue weighted by Crippen LogP contribution is -2.35. The summed E-state index contributed by atoms with van der Waals surface area (Å²) in [6.45, 7) is 4.81. The first kappa shape index (κ1) is 29.2. The van der Waals surface area contributed by atoms with Gasteiger partial charge in [0.15, 0.2) is 35.7 Å². The SMILES string of the molecule is COC1=CC(=O)c2cc([C@@H]3CC[C@@H](O[C@@H]4C[C@H](c5cc6c(cc5C)C(=O)C(OC)=CC6=O)CCO4)OC3)c(C)cc2C1=O. The largest absolute Gasteiger partial charge is 0.492 e. The third-order valence-electron chi connectivity index (χ3n) is 8.91. The number of ether oxygens (including phenoxy) is 5. The average Bonchev–Trinajstić information content (AvgIpc) is 3.01. The number of ketones is 4. The fourth-order valence-corrected chi connectivity index (χ4v) is 6.59. The number of Topliss-reactive ketones (excluding diaryl/α,β-unsaturated/α-hetero) is 2. The van der Waals surface area contributed by atoms with Crippen molar-refractivity contribution < 1.29 is 42.9 Å². The summed E-state index contributed by atoms with van der Waals surface area (Å²) in [7, 11) is 2.77. The van der Waals surface area contributed by atoms with E-state index < -0.39 is 12.6 Å². The molecule has 0 bridgehead atoms. The fraction of sp³-hybridized carbons (Fsp3) is 0.412. The van der Waals surface area contributed by atoms with Crippen LogP contribution in [0.4, 0.5) is 0 Å². The van der Waals surface area contributed by atoms with Gasteiger partial charge in [-0.2, -0.15) is 0 Å². The molecular weight excluding hydrogens is 552 g/mol. The molecule has 43 heavy (non-hydrogen) atoms. The smallest absolute Gasteiger partial charge is 0.228 e. The molecule has 0 unspecified atom stereocenters. The molecule has 2 aromatic carbocycles. The Kier molecular flexibility index (Phi) is 7.89. The van der Waals surface area contributed by atoms with E-state index in [1.165, 1.54) is 26.4 Å². The molecule has 2 aromatic rings. The van der Waals surface area contributed by atoms with Crippen LogP contribution in [0.25, 0.3) is 0 Å². The minimum Gasteiger partial charge on any atom is -0.492 e. The lowest BCUT2D eigenvalue weighted by Gasteiger charge is -2.36. The lowest BCUT2D eigenvalue weighted by molar-refractivity contribution is -0.268. The van der Waals surface area contributed by atoms with Crippen molar-refractivity contribution in [2.24, 2.45) is 0 Å². The van der Waals surface area contributed by atoms with Gasteiger partial charge in [-0.25, -0.2) is 0 Å². The number of methoxy groups -OCH3 is 2. The molecule has 4 aliphatic rings.